The van der Waals surface area contributed by atoms with Gasteiger partial charge in [0.15, 0.2) is 6.10 Å². The molecular formula is C18H19N3O6S. The summed E-state index contributed by atoms with van der Waals surface area (Å²) >= 11 is 0. The second-order valence-electron chi connectivity index (χ2n) is 5.74. The molecule has 9 nitrogen and oxygen atoms in total. The van der Waals surface area contributed by atoms with Crippen LogP contribution >= 0.6 is 0 Å². The molecule has 10 heteroatoms. The molecule has 0 saturated heterocycles. The molecule has 4 N–H and O–H groups in total. The minimum atomic E-state index is -3.83. The Morgan fingerprint density at radius 3 is 2.21 bits per heavy atom. The monoisotopic (exact) mass is 405 g/mol. The quantitative estimate of drug-likeness (QED) is 0.576. The van der Waals surface area contributed by atoms with Crippen molar-refractivity contribution >= 4 is 33.5 Å². The van der Waals surface area contributed by atoms with Gasteiger partial charge < -0.3 is 15.4 Å². The molecule has 0 aliphatic rings. The zero-order chi connectivity index (χ0) is 20.7. The minimum Gasteiger partial charge on any atom is -0.451 e. The number of amides is 2. The van der Waals surface area contributed by atoms with E-state index in [0.717, 1.165) is 0 Å². The Morgan fingerprint density at radius 2 is 1.64 bits per heavy atom. The van der Waals surface area contributed by atoms with E-state index >= 15 is 0 Å². The standard InChI is InChI=1S/C18H19N3O6S/c1-12(17(23)21-14-7-9-15(10-8-14)28(19,25)26)27-16(22)11-20-18(24)13-5-3-2-4-6-13/h2-10,12H,11H2,1H3,(H,20,24)(H,21,23)(H2,19,25,26)/t12-/m1/s1. The smallest absolute Gasteiger partial charge is 0.326 e. The van der Waals surface area contributed by atoms with Gasteiger partial charge in [0.1, 0.15) is 6.54 Å². The first-order valence-electron chi connectivity index (χ1n) is 8.13. The summed E-state index contributed by atoms with van der Waals surface area (Å²) in [6.07, 6.45) is -1.13. The lowest BCUT2D eigenvalue weighted by Gasteiger charge is -2.14. The van der Waals surface area contributed by atoms with Crippen molar-refractivity contribution < 1.29 is 27.5 Å². The van der Waals surface area contributed by atoms with Crippen LogP contribution in [0.1, 0.15) is 17.3 Å². The average molecular weight is 405 g/mol. The van der Waals surface area contributed by atoms with E-state index in [4.69, 9.17) is 9.88 Å². The molecule has 28 heavy (non-hydrogen) atoms. The number of nitrogens with one attached hydrogen (secondary N) is 2. The molecule has 148 valence electrons. The Kier molecular flexibility index (Phi) is 6.85. The van der Waals surface area contributed by atoms with Crippen molar-refractivity contribution in [1.29, 1.82) is 0 Å². The molecule has 0 bridgehead atoms. The minimum absolute atomic E-state index is 0.0980. The van der Waals surface area contributed by atoms with E-state index in [1.807, 2.05) is 0 Å². The Balaban J connectivity index is 1.83. The van der Waals surface area contributed by atoms with Crippen molar-refractivity contribution in [1.82, 2.24) is 5.32 Å². The fraction of sp³-hybridized carbons (Fsp3) is 0.167. The van der Waals surface area contributed by atoms with Crippen molar-refractivity contribution in [3.05, 3.63) is 60.2 Å². The molecule has 0 unspecified atom stereocenters. The molecule has 0 aliphatic heterocycles. The molecule has 0 aromatic heterocycles. The normalized spacial score (nSPS) is 11.9. The van der Waals surface area contributed by atoms with E-state index in [0.29, 0.717) is 11.3 Å². The van der Waals surface area contributed by atoms with Crippen molar-refractivity contribution in [3.63, 3.8) is 0 Å². The largest absolute Gasteiger partial charge is 0.451 e. The van der Waals surface area contributed by atoms with E-state index in [9.17, 15) is 22.8 Å². The number of hydrogen-bond acceptors (Lipinski definition) is 6. The molecule has 1 atom stereocenters. The van der Waals surface area contributed by atoms with Gasteiger partial charge in [0.05, 0.1) is 4.90 Å². The van der Waals surface area contributed by atoms with Crippen LogP contribution in [0.2, 0.25) is 0 Å². The Labute approximate surface area is 161 Å². The highest BCUT2D eigenvalue weighted by Gasteiger charge is 2.19. The third-order valence-corrected chi connectivity index (χ3v) is 4.49. The second-order valence-corrected chi connectivity index (χ2v) is 7.30. The van der Waals surface area contributed by atoms with Crippen LogP contribution in [0.25, 0.3) is 0 Å². The fourth-order valence-corrected chi connectivity index (χ4v) is 2.62. The van der Waals surface area contributed by atoms with Gasteiger partial charge in [-0.15, -0.1) is 0 Å². The van der Waals surface area contributed by atoms with Crippen LogP contribution < -0.4 is 15.8 Å². The third kappa shape index (κ3) is 6.18. The number of nitrogens with two attached hydrogens (primary N) is 1. The fourth-order valence-electron chi connectivity index (χ4n) is 2.11. The van der Waals surface area contributed by atoms with Crippen molar-refractivity contribution in [2.24, 2.45) is 5.14 Å². The molecule has 2 rings (SSSR count). The molecule has 0 radical (unpaired) electrons. The Morgan fingerprint density at radius 1 is 1.04 bits per heavy atom. The molecule has 0 spiro atoms. The van der Waals surface area contributed by atoms with Crippen molar-refractivity contribution in [3.8, 4) is 0 Å². The zero-order valence-corrected chi connectivity index (χ0v) is 15.7. The summed E-state index contributed by atoms with van der Waals surface area (Å²) in [5, 5.41) is 9.87. The van der Waals surface area contributed by atoms with Gasteiger partial charge in [0.25, 0.3) is 11.8 Å². The Hall–Kier alpha value is -3.24. The Bertz CT molecular complexity index is 959. The first-order valence-corrected chi connectivity index (χ1v) is 9.68. The number of anilines is 1. The molecule has 0 fully saturated rings. The lowest BCUT2D eigenvalue weighted by atomic mass is 10.2. The summed E-state index contributed by atoms with van der Waals surface area (Å²) in [5.74, 6) is -1.84. The number of sulfonamides is 1. The van der Waals surface area contributed by atoms with Crippen LogP contribution in [0.3, 0.4) is 0 Å². The van der Waals surface area contributed by atoms with Crippen LogP contribution in [-0.4, -0.2) is 38.9 Å². The zero-order valence-electron chi connectivity index (χ0n) is 14.9. The van der Waals surface area contributed by atoms with Crippen LogP contribution in [0.4, 0.5) is 5.69 Å². The van der Waals surface area contributed by atoms with Gasteiger partial charge in [-0.2, -0.15) is 0 Å². The predicted molar refractivity (Wildman–Crippen MR) is 101 cm³/mol. The van der Waals surface area contributed by atoms with Gasteiger partial charge in [-0.3, -0.25) is 14.4 Å². The van der Waals surface area contributed by atoms with E-state index < -0.39 is 40.5 Å². The van der Waals surface area contributed by atoms with E-state index in [2.05, 4.69) is 10.6 Å². The maximum absolute atomic E-state index is 12.1. The van der Waals surface area contributed by atoms with Crippen molar-refractivity contribution in [2.45, 2.75) is 17.9 Å². The highest BCUT2D eigenvalue weighted by molar-refractivity contribution is 7.89. The van der Waals surface area contributed by atoms with Gasteiger partial charge >= 0.3 is 5.97 Å². The molecule has 2 aromatic rings. The maximum atomic E-state index is 12.1. The lowest BCUT2D eigenvalue weighted by Crippen LogP contribution is -2.35. The number of ether oxygens (including phenoxy) is 1. The molecule has 2 aromatic carbocycles. The summed E-state index contributed by atoms with van der Waals surface area (Å²) in [5.41, 5.74) is 0.696. The molecule has 0 aliphatic carbocycles. The molecular weight excluding hydrogens is 386 g/mol. The summed E-state index contributed by atoms with van der Waals surface area (Å²) in [4.78, 5) is 35.6. The number of carbonyl (C=O) groups is 3. The molecule has 0 heterocycles. The second kappa shape index (κ2) is 9.11. The summed E-state index contributed by atoms with van der Waals surface area (Å²) in [7, 11) is -3.83. The summed E-state index contributed by atoms with van der Waals surface area (Å²) in [6, 6.07) is 13.5. The first-order chi connectivity index (χ1) is 13.2. The number of hydrogen-bond donors (Lipinski definition) is 3. The molecule has 0 saturated carbocycles. The van der Waals surface area contributed by atoms with E-state index in [1.165, 1.54) is 31.2 Å². The highest BCUT2D eigenvalue weighted by atomic mass is 32.2. The third-order valence-electron chi connectivity index (χ3n) is 3.56. The SMILES string of the molecule is C[C@@H](OC(=O)CNC(=O)c1ccccc1)C(=O)Nc1ccc(S(N)(=O)=O)cc1. The number of esters is 1. The van der Waals surface area contributed by atoms with E-state index in [-0.39, 0.29) is 4.90 Å². The number of rotatable bonds is 7. The van der Waals surface area contributed by atoms with Gasteiger partial charge in [-0.05, 0) is 43.3 Å². The highest BCUT2D eigenvalue weighted by Crippen LogP contribution is 2.13. The first kappa shape index (κ1) is 21.1. The summed E-state index contributed by atoms with van der Waals surface area (Å²) in [6.45, 7) is 0.972. The predicted octanol–water partition coefficient (Wildman–Crippen LogP) is 0.634. The maximum Gasteiger partial charge on any atom is 0.326 e. The number of primary sulfonamides is 1. The van der Waals surface area contributed by atoms with Crippen LogP contribution in [0.15, 0.2) is 59.5 Å². The van der Waals surface area contributed by atoms with Gasteiger partial charge in [0.2, 0.25) is 10.0 Å². The van der Waals surface area contributed by atoms with Gasteiger partial charge in [-0.1, -0.05) is 18.2 Å². The van der Waals surface area contributed by atoms with Crippen LogP contribution in [0.5, 0.6) is 0 Å². The summed E-state index contributed by atoms with van der Waals surface area (Å²) < 4.78 is 27.4. The van der Waals surface area contributed by atoms with Gasteiger partial charge in [0, 0.05) is 11.3 Å². The average Bonchev–Trinajstić information content (AvgIpc) is 2.66. The lowest BCUT2D eigenvalue weighted by molar-refractivity contribution is -0.152. The molecule has 2 amide bonds. The van der Waals surface area contributed by atoms with Crippen LogP contribution in [-0.2, 0) is 24.3 Å². The van der Waals surface area contributed by atoms with Crippen LogP contribution in [0, 0.1) is 0 Å². The van der Waals surface area contributed by atoms with Crippen molar-refractivity contribution in [2.75, 3.05) is 11.9 Å². The topological polar surface area (TPSA) is 145 Å². The van der Waals surface area contributed by atoms with Gasteiger partial charge in [-0.25, -0.2) is 13.6 Å². The van der Waals surface area contributed by atoms with E-state index in [1.54, 1.807) is 30.3 Å². The number of benzene rings is 2. The number of carbonyl (C=O) groups excluding carboxylic acids is 3.